The number of nitrogens with zero attached hydrogens (tertiary/aromatic N) is 1. The second-order valence-corrected chi connectivity index (χ2v) is 4.25. The maximum Gasteiger partial charge on any atom is 0.335 e. The number of likely N-dealkylation sites (N-methyl/N-ethyl adjacent to an activating group) is 1. The smallest absolute Gasteiger partial charge is 0.335 e. The van der Waals surface area contributed by atoms with E-state index in [9.17, 15) is 14.4 Å². The molecule has 21 heavy (non-hydrogen) atoms. The monoisotopic (exact) mass is 294 g/mol. The van der Waals surface area contributed by atoms with Gasteiger partial charge in [-0.25, -0.2) is 9.59 Å². The van der Waals surface area contributed by atoms with Crippen molar-refractivity contribution >= 4 is 18.0 Å². The number of carboxylic acid groups (broad SMARTS) is 1. The number of urea groups is 1. The van der Waals surface area contributed by atoms with Crippen molar-refractivity contribution in [2.24, 2.45) is 0 Å². The molecule has 0 aliphatic rings. The topological polar surface area (TPSA) is 95.9 Å². The molecule has 0 bridgehead atoms. The Balaban J connectivity index is 2.60. The van der Waals surface area contributed by atoms with E-state index in [0.717, 1.165) is 0 Å². The maximum absolute atomic E-state index is 11.9. The van der Waals surface area contributed by atoms with Crippen LogP contribution in [0.1, 0.15) is 22.8 Å². The van der Waals surface area contributed by atoms with Crippen LogP contribution in [0.25, 0.3) is 0 Å². The number of hydrogen-bond acceptors (Lipinski definition) is 4. The predicted octanol–water partition coefficient (Wildman–Crippen LogP) is 1.09. The molecule has 1 aromatic carbocycles. The molecule has 0 radical (unpaired) electrons. The predicted molar refractivity (Wildman–Crippen MR) is 74.9 cm³/mol. The van der Waals surface area contributed by atoms with Gasteiger partial charge in [-0.1, -0.05) is 12.1 Å². The SMILES string of the molecule is CCN(CC(=O)OC)C(=O)NCc1cccc(C(=O)O)c1. The van der Waals surface area contributed by atoms with E-state index in [1.165, 1.54) is 24.1 Å². The number of rotatable bonds is 6. The van der Waals surface area contributed by atoms with Crippen LogP contribution in [0.15, 0.2) is 24.3 Å². The van der Waals surface area contributed by atoms with Crippen molar-refractivity contribution in [3.8, 4) is 0 Å². The maximum atomic E-state index is 11.9. The number of carbonyl (C=O) groups is 3. The summed E-state index contributed by atoms with van der Waals surface area (Å²) in [6.45, 7) is 2.15. The number of amides is 2. The first-order valence-electron chi connectivity index (χ1n) is 6.39. The molecular weight excluding hydrogens is 276 g/mol. The normalized spacial score (nSPS) is 9.81. The standard InChI is InChI=1S/C14H18N2O5/c1-3-16(9-12(17)21-2)14(20)15-8-10-5-4-6-11(7-10)13(18)19/h4-7H,3,8-9H2,1-2H3,(H,15,20)(H,18,19). The van der Waals surface area contributed by atoms with Crippen molar-refractivity contribution in [3.63, 3.8) is 0 Å². The third-order valence-electron chi connectivity index (χ3n) is 2.83. The Labute approximate surface area is 122 Å². The Morgan fingerprint density at radius 3 is 2.62 bits per heavy atom. The van der Waals surface area contributed by atoms with Gasteiger partial charge in [-0.3, -0.25) is 4.79 Å². The minimum atomic E-state index is -1.02. The number of carbonyl (C=O) groups excluding carboxylic acids is 2. The fourth-order valence-corrected chi connectivity index (χ4v) is 1.65. The summed E-state index contributed by atoms with van der Waals surface area (Å²) in [4.78, 5) is 35.2. The molecule has 7 nitrogen and oxygen atoms in total. The largest absolute Gasteiger partial charge is 0.478 e. The van der Waals surface area contributed by atoms with Gasteiger partial charge in [-0.05, 0) is 24.6 Å². The number of benzene rings is 1. The van der Waals surface area contributed by atoms with Crippen LogP contribution in [-0.2, 0) is 16.1 Å². The van der Waals surface area contributed by atoms with Gasteiger partial charge in [0.15, 0.2) is 0 Å². The van der Waals surface area contributed by atoms with E-state index in [2.05, 4.69) is 10.1 Å². The minimum Gasteiger partial charge on any atom is -0.478 e. The fraction of sp³-hybridized carbons (Fsp3) is 0.357. The molecule has 2 N–H and O–H groups in total. The van der Waals surface area contributed by atoms with Gasteiger partial charge < -0.3 is 20.1 Å². The molecule has 1 rings (SSSR count). The van der Waals surface area contributed by atoms with Crippen molar-refractivity contribution in [1.82, 2.24) is 10.2 Å². The van der Waals surface area contributed by atoms with Gasteiger partial charge in [-0.15, -0.1) is 0 Å². The van der Waals surface area contributed by atoms with E-state index in [-0.39, 0.29) is 18.7 Å². The van der Waals surface area contributed by atoms with Gasteiger partial charge in [0.2, 0.25) is 0 Å². The Kier molecular flexibility index (Phi) is 6.19. The quantitative estimate of drug-likeness (QED) is 0.766. The highest BCUT2D eigenvalue weighted by atomic mass is 16.5. The van der Waals surface area contributed by atoms with Gasteiger partial charge in [0.25, 0.3) is 0 Å². The van der Waals surface area contributed by atoms with Crippen molar-refractivity contribution < 1.29 is 24.2 Å². The number of methoxy groups -OCH3 is 1. The van der Waals surface area contributed by atoms with Crippen LogP contribution in [0.4, 0.5) is 4.79 Å². The molecule has 1 aromatic rings. The van der Waals surface area contributed by atoms with Crippen LogP contribution < -0.4 is 5.32 Å². The van der Waals surface area contributed by atoms with E-state index in [1.807, 2.05) is 0 Å². The molecule has 0 aromatic heterocycles. The van der Waals surface area contributed by atoms with E-state index in [0.29, 0.717) is 12.1 Å². The highest BCUT2D eigenvalue weighted by Gasteiger charge is 2.15. The van der Waals surface area contributed by atoms with E-state index >= 15 is 0 Å². The van der Waals surface area contributed by atoms with Crippen molar-refractivity contribution in [1.29, 1.82) is 0 Å². The second-order valence-electron chi connectivity index (χ2n) is 4.25. The second kappa shape index (κ2) is 7.88. The number of aromatic carboxylic acids is 1. The minimum absolute atomic E-state index is 0.131. The number of nitrogens with one attached hydrogen (secondary N) is 1. The molecule has 0 aliphatic carbocycles. The fourth-order valence-electron chi connectivity index (χ4n) is 1.65. The third-order valence-corrected chi connectivity index (χ3v) is 2.83. The Bertz CT molecular complexity index is 530. The zero-order valence-electron chi connectivity index (χ0n) is 12.0. The summed E-state index contributed by atoms with van der Waals surface area (Å²) in [6.07, 6.45) is 0. The summed E-state index contributed by atoms with van der Waals surface area (Å²) in [5.74, 6) is -1.52. The molecule has 0 spiro atoms. The zero-order chi connectivity index (χ0) is 15.8. The summed E-state index contributed by atoms with van der Waals surface area (Å²) >= 11 is 0. The molecule has 2 amide bonds. The van der Waals surface area contributed by atoms with Gasteiger partial charge in [0, 0.05) is 13.1 Å². The summed E-state index contributed by atoms with van der Waals surface area (Å²) < 4.78 is 4.51. The van der Waals surface area contributed by atoms with Crippen molar-refractivity contribution in [2.75, 3.05) is 20.2 Å². The molecule has 114 valence electrons. The molecule has 0 saturated heterocycles. The summed E-state index contributed by atoms with van der Waals surface area (Å²) in [5, 5.41) is 11.5. The first-order valence-corrected chi connectivity index (χ1v) is 6.39. The van der Waals surface area contributed by atoms with E-state index in [1.54, 1.807) is 19.1 Å². The van der Waals surface area contributed by atoms with Gasteiger partial charge in [0.1, 0.15) is 6.54 Å². The average molecular weight is 294 g/mol. The van der Waals surface area contributed by atoms with Crippen LogP contribution in [0.5, 0.6) is 0 Å². The molecule has 7 heteroatoms. The molecule has 0 atom stereocenters. The first-order chi connectivity index (χ1) is 9.97. The van der Waals surface area contributed by atoms with Crippen LogP contribution in [0, 0.1) is 0 Å². The molecule has 0 heterocycles. The Morgan fingerprint density at radius 2 is 2.05 bits per heavy atom. The molecule has 0 aliphatic heterocycles. The molecule has 0 fully saturated rings. The number of hydrogen-bond donors (Lipinski definition) is 2. The van der Waals surface area contributed by atoms with Crippen molar-refractivity contribution in [3.05, 3.63) is 35.4 Å². The Morgan fingerprint density at radius 1 is 1.33 bits per heavy atom. The van der Waals surface area contributed by atoms with Gasteiger partial charge in [-0.2, -0.15) is 0 Å². The number of carboxylic acids is 1. The van der Waals surface area contributed by atoms with Crippen LogP contribution in [0.2, 0.25) is 0 Å². The van der Waals surface area contributed by atoms with Crippen molar-refractivity contribution in [2.45, 2.75) is 13.5 Å². The highest BCUT2D eigenvalue weighted by Crippen LogP contribution is 2.05. The number of esters is 1. The summed E-state index contributed by atoms with van der Waals surface area (Å²) in [7, 11) is 1.26. The average Bonchev–Trinajstić information content (AvgIpc) is 2.50. The van der Waals surface area contributed by atoms with E-state index < -0.39 is 18.0 Å². The first kappa shape index (κ1) is 16.5. The molecule has 0 unspecified atom stereocenters. The lowest BCUT2D eigenvalue weighted by Gasteiger charge is -2.20. The number of ether oxygens (including phenoxy) is 1. The lowest BCUT2D eigenvalue weighted by molar-refractivity contribution is -0.141. The zero-order valence-corrected chi connectivity index (χ0v) is 12.0. The lowest BCUT2D eigenvalue weighted by Crippen LogP contribution is -2.42. The Hall–Kier alpha value is -2.57. The van der Waals surface area contributed by atoms with Gasteiger partial charge >= 0.3 is 18.0 Å². The van der Waals surface area contributed by atoms with Gasteiger partial charge in [0.05, 0.1) is 12.7 Å². The molecule has 0 saturated carbocycles. The summed E-state index contributed by atoms with van der Waals surface area (Å²) in [5.41, 5.74) is 0.820. The van der Waals surface area contributed by atoms with Crippen LogP contribution in [-0.4, -0.2) is 48.2 Å². The highest BCUT2D eigenvalue weighted by molar-refractivity contribution is 5.87. The van der Waals surface area contributed by atoms with Crippen LogP contribution in [0.3, 0.4) is 0 Å². The third kappa shape index (κ3) is 5.13. The molecular formula is C14H18N2O5. The lowest BCUT2D eigenvalue weighted by atomic mass is 10.1. The summed E-state index contributed by atoms with van der Waals surface area (Å²) in [6, 6.07) is 5.87. The van der Waals surface area contributed by atoms with E-state index in [4.69, 9.17) is 5.11 Å². The van der Waals surface area contributed by atoms with Crippen LogP contribution >= 0.6 is 0 Å².